The fourth-order valence-electron chi connectivity index (χ4n) is 1.58. The monoisotopic (exact) mass is 372 g/mol. The molecule has 1 aromatic heterocycles. The van der Waals surface area contributed by atoms with E-state index in [1.807, 2.05) is 19.9 Å². The summed E-state index contributed by atoms with van der Waals surface area (Å²) in [6.07, 6.45) is 0. The molecule has 0 amide bonds. The number of hydrogen-bond acceptors (Lipinski definition) is 3. The molecule has 0 fully saturated rings. The van der Waals surface area contributed by atoms with Gasteiger partial charge in [-0.3, -0.25) is 0 Å². The van der Waals surface area contributed by atoms with Crippen LogP contribution in [0.3, 0.4) is 0 Å². The van der Waals surface area contributed by atoms with Gasteiger partial charge in [0.2, 0.25) is 5.89 Å². The van der Waals surface area contributed by atoms with Gasteiger partial charge in [-0.15, -0.1) is 0 Å². The molecule has 2 rings (SSSR count). The topological polar surface area (TPSA) is 38.1 Å². The van der Waals surface area contributed by atoms with Crippen molar-refractivity contribution in [3.8, 4) is 0 Å². The zero-order valence-corrected chi connectivity index (χ0v) is 13.4. The maximum atomic E-state index is 5.50. The van der Waals surface area contributed by atoms with Gasteiger partial charge in [0.15, 0.2) is 0 Å². The maximum Gasteiger partial charge on any atom is 0.208 e. The van der Waals surface area contributed by atoms with E-state index in [0.717, 1.165) is 32.8 Å². The molecule has 2 aromatic rings. The van der Waals surface area contributed by atoms with Crippen molar-refractivity contribution in [2.45, 2.75) is 26.9 Å². The third kappa shape index (κ3) is 3.43. The lowest BCUT2D eigenvalue weighted by Crippen LogP contribution is -2.12. The molecule has 1 aromatic carbocycles. The Morgan fingerprint density at radius 3 is 2.56 bits per heavy atom. The Hall–Kier alpha value is -0.650. The first-order valence-electron chi connectivity index (χ1n) is 5.64. The predicted molar refractivity (Wildman–Crippen MR) is 78.4 cm³/mol. The van der Waals surface area contributed by atoms with E-state index in [4.69, 9.17) is 4.42 Å². The molecule has 0 aliphatic rings. The number of hydrogen-bond donors (Lipinski definition) is 1. The lowest BCUT2D eigenvalue weighted by molar-refractivity contribution is 0.448. The second-order valence-electron chi connectivity index (χ2n) is 4.10. The van der Waals surface area contributed by atoms with Crippen LogP contribution in [-0.2, 0) is 13.1 Å². The van der Waals surface area contributed by atoms with Crippen LogP contribution in [0.25, 0.3) is 0 Å². The summed E-state index contributed by atoms with van der Waals surface area (Å²) in [7, 11) is 0. The van der Waals surface area contributed by atoms with E-state index < -0.39 is 0 Å². The lowest BCUT2D eigenvalue weighted by atomic mass is 10.2. The molecule has 0 saturated heterocycles. The Labute approximate surface area is 123 Å². The van der Waals surface area contributed by atoms with E-state index in [-0.39, 0.29) is 0 Å². The van der Waals surface area contributed by atoms with Crippen LogP contribution in [0.1, 0.15) is 22.9 Å². The third-order valence-electron chi connectivity index (χ3n) is 2.66. The van der Waals surface area contributed by atoms with Gasteiger partial charge >= 0.3 is 0 Å². The number of halogens is 2. The van der Waals surface area contributed by atoms with Crippen LogP contribution in [0.4, 0.5) is 0 Å². The van der Waals surface area contributed by atoms with E-state index >= 15 is 0 Å². The Balaban J connectivity index is 1.90. The average molecular weight is 374 g/mol. The normalized spacial score (nSPS) is 10.9. The van der Waals surface area contributed by atoms with Crippen molar-refractivity contribution in [1.29, 1.82) is 0 Å². The smallest absolute Gasteiger partial charge is 0.208 e. The van der Waals surface area contributed by atoms with Crippen molar-refractivity contribution in [1.82, 2.24) is 10.3 Å². The number of nitrogens with zero attached hydrogens (tertiary/aromatic N) is 1. The molecule has 96 valence electrons. The van der Waals surface area contributed by atoms with Crippen molar-refractivity contribution in [2.24, 2.45) is 0 Å². The minimum Gasteiger partial charge on any atom is -0.444 e. The number of oxazole rings is 1. The number of aromatic nitrogens is 1. The summed E-state index contributed by atoms with van der Waals surface area (Å²) >= 11 is 6.94. The van der Waals surface area contributed by atoms with Crippen molar-refractivity contribution in [3.05, 3.63) is 50.1 Å². The Kier molecular flexibility index (Phi) is 4.59. The second kappa shape index (κ2) is 5.99. The summed E-state index contributed by atoms with van der Waals surface area (Å²) in [4.78, 5) is 4.33. The molecule has 0 atom stereocenters. The number of aryl methyl sites for hydroxylation is 2. The van der Waals surface area contributed by atoms with Crippen molar-refractivity contribution >= 4 is 31.9 Å². The molecule has 3 nitrogen and oxygen atoms in total. The summed E-state index contributed by atoms with van der Waals surface area (Å²) in [6.45, 7) is 5.31. The van der Waals surface area contributed by atoms with E-state index in [1.165, 1.54) is 5.56 Å². The number of benzene rings is 1. The highest BCUT2D eigenvalue weighted by molar-refractivity contribution is 9.13. The van der Waals surface area contributed by atoms with Crippen molar-refractivity contribution in [2.75, 3.05) is 0 Å². The van der Waals surface area contributed by atoms with Crippen LogP contribution in [0.5, 0.6) is 0 Å². The summed E-state index contributed by atoms with van der Waals surface area (Å²) in [5.74, 6) is 1.62. The molecule has 0 spiro atoms. The fraction of sp³-hybridized carbons (Fsp3) is 0.308. The SMILES string of the molecule is Cc1nc(CNCc2ccc(Br)c(Br)c2)oc1C. The highest BCUT2D eigenvalue weighted by Crippen LogP contribution is 2.23. The molecular weight excluding hydrogens is 360 g/mol. The fourth-order valence-corrected chi connectivity index (χ4v) is 2.25. The van der Waals surface area contributed by atoms with Gasteiger partial charge in [0, 0.05) is 15.5 Å². The number of rotatable bonds is 4. The standard InChI is InChI=1S/C13H14Br2N2O/c1-8-9(2)18-13(17-8)7-16-6-10-3-4-11(14)12(15)5-10/h3-5,16H,6-7H2,1-2H3. The van der Waals surface area contributed by atoms with Crippen molar-refractivity contribution in [3.63, 3.8) is 0 Å². The summed E-state index contributed by atoms with van der Waals surface area (Å²) < 4.78 is 7.62. The van der Waals surface area contributed by atoms with Gasteiger partial charge in [0.1, 0.15) is 5.76 Å². The molecule has 0 aliphatic carbocycles. The van der Waals surface area contributed by atoms with Crippen LogP contribution in [0.15, 0.2) is 31.6 Å². The maximum absolute atomic E-state index is 5.50. The van der Waals surface area contributed by atoms with Crippen molar-refractivity contribution < 1.29 is 4.42 Å². The van der Waals surface area contributed by atoms with Crippen LogP contribution in [0.2, 0.25) is 0 Å². The second-order valence-corrected chi connectivity index (χ2v) is 5.81. The van der Waals surface area contributed by atoms with Crippen LogP contribution >= 0.6 is 31.9 Å². The highest BCUT2D eigenvalue weighted by Gasteiger charge is 2.05. The van der Waals surface area contributed by atoms with Gasteiger partial charge in [-0.1, -0.05) is 6.07 Å². The first-order chi connectivity index (χ1) is 8.56. The molecule has 1 heterocycles. The van der Waals surface area contributed by atoms with Gasteiger partial charge < -0.3 is 9.73 Å². The molecule has 5 heteroatoms. The summed E-state index contributed by atoms with van der Waals surface area (Å²) in [5, 5.41) is 3.31. The van der Waals surface area contributed by atoms with Gasteiger partial charge in [-0.25, -0.2) is 4.98 Å². The highest BCUT2D eigenvalue weighted by atomic mass is 79.9. The van der Waals surface area contributed by atoms with Crippen LogP contribution in [0, 0.1) is 13.8 Å². The Morgan fingerprint density at radius 1 is 1.17 bits per heavy atom. The zero-order chi connectivity index (χ0) is 13.1. The molecule has 0 saturated carbocycles. The largest absolute Gasteiger partial charge is 0.444 e. The minimum atomic E-state index is 0.641. The molecule has 0 unspecified atom stereocenters. The predicted octanol–water partition coefficient (Wildman–Crippen LogP) is 4.11. The quantitative estimate of drug-likeness (QED) is 0.876. The molecule has 0 radical (unpaired) electrons. The van der Waals surface area contributed by atoms with Gasteiger partial charge in [-0.2, -0.15) is 0 Å². The van der Waals surface area contributed by atoms with E-state index in [9.17, 15) is 0 Å². The molecule has 0 aliphatic heterocycles. The first-order valence-corrected chi connectivity index (χ1v) is 7.22. The van der Waals surface area contributed by atoms with Gasteiger partial charge in [-0.05, 0) is 63.4 Å². The van der Waals surface area contributed by atoms with Crippen LogP contribution in [-0.4, -0.2) is 4.98 Å². The van der Waals surface area contributed by atoms with Gasteiger partial charge in [0.25, 0.3) is 0 Å². The van der Waals surface area contributed by atoms with Gasteiger partial charge in [0.05, 0.1) is 12.2 Å². The van der Waals surface area contributed by atoms with E-state index in [2.05, 4.69) is 54.3 Å². The van der Waals surface area contributed by atoms with Crippen LogP contribution < -0.4 is 5.32 Å². The van der Waals surface area contributed by atoms with E-state index in [1.54, 1.807) is 0 Å². The zero-order valence-electron chi connectivity index (χ0n) is 10.3. The molecule has 0 bridgehead atoms. The molecule has 18 heavy (non-hydrogen) atoms. The summed E-state index contributed by atoms with van der Waals surface area (Å²) in [5.41, 5.74) is 2.17. The third-order valence-corrected chi connectivity index (χ3v) is 4.54. The minimum absolute atomic E-state index is 0.641. The lowest BCUT2D eigenvalue weighted by Gasteiger charge is -2.04. The molecular formula is C13H14Br2N2O. The molecule has 1 N–H and O–H groups in total. The average Bonchev–Trinajstić information content (AvgIpc) is 2.63. The van der Waals surface area contributed by atoms with E-state index in [0.29, 0.717) is 6.54 Å². The Bertz CT molecular complexity index is 532. The number of nitrogens with one attached hydrogen (secondary N) is 1. The Morgan fingerprint density at radius 2 is 1.94 bits per heavy atom. The first kappa shape index (κ1) is 13.8. The summed E-state index contributed by atoms with van der Waals surface area (Å²) in [6, 6.07) is 6.19.